The second-order valence-corrected chi connectivity index (χ2v) is 7.88. The highest BCUT2D eigenvalue weighted by atomic mass is 19.1. The molecule has 2 unspecified atom stereocenters. The Hall–Kier alpha value is -2.69. The van der Waals surface area contributed by atoms with Gasteiger partial charge in [-0.1, -0.05) is 55.8 Å². The van der Waals surface area contributed by atoms with E-state index in [4.69, 9.17) is 0 Å². The Morgan fingerprint density at radius 2 is 1.57 bits per heavy atom. The predicted octanol–water partition coefficient (Wildman–Crippen LogP) is 4.79. The number of hydrogen-bond donors (Lipinski definition) is 1. The Labute approximate surface area is 179 Å². The van der Waals surface area contributed by atoms with Crippen molar-refractivity contribution in [1.82, 2.24) is 10.2 Å². The maximum atomic E-state index is 13.3. The fourth-order valence-electron chi connectivity index (χ4n) is 3.30. The van der Waals surface area contributed by atoms with Crippen LogP contribution in [-0.4, -0.2) is 28.8 Å². The van der Waals surface area contributed by atoms with Crippen molar-refractivity contribution in [2.75, 3.05) is 0 Å². The van der Waals surface area contributed by atoms with E-state index in [1.54, 1.807) is 17.0 Å². The highest BCUT2D eigenvalue weighted by molar-refractivity contribution is 5.87. The van der Waals surface area contributed by atoms with Crippen molar-refractivity contribution in [2.24, 2.45) is 0 Å². The largest absolute Gasteiger partial charge is 0.352 e. The number of rotatable bonds is 10. The second kappa shape index (κ2) is 11.5. The number of hydrogen-bond acceptors (Lipinski definition) is 2. The quantitative estimate of drug-likeness (QED) is 0.610. The lowest BCUT2D eigenvalue weighted by molar-refractivity contribution is -0.141. The number of amides is 2. The normalized spacial score (nSPS) is 12.8. The van der Waals surface area contributed by atoms with E-state index >= 15 is 0 Å². The van der Waals surface area contributed by atoms with Crippen molar-refractivity contribution >= 4 is 11.8 Å². The standard InChI is InChI=1S/C25H33FN2O2/c1-5-19(4)27-25(30)23(6-2)28(17-21-11-14-22(26)15-12-21)24(29)16-13-20-9-7-18(3)8-10-20/h7-12,14-15,19,23H,5-6,13,16-17H2,1-4H3,(H,27,30). The van der Waals surface area contributed by atoms with Gasteiger partial charge in [0.05, 0.1) is 0 Å². The topological polar surface area (TPSA) is 49.4 Å². The van der Waals surface area contributed by atoms with Crippen molar-refractivity contribution in [3.8, 4) is 0 Å². The first-order chi connectivity index (χ1) is 14.3. The van der Waals surface area contributed by atoms with Gasteiger partial charge in [-0.15, -0.1) is 0 Å². The van der Waals surface area contributed by atoms with Crippen molar-refractivity contribution in [3.05, 3.63) is 71.0 Å². The molecule has 0 aliphatic rings. The lowest BCUT2D eigenvalue weighted by Crippen LogP contribution is -2.50. The number of benzene rings is 2. The van der Waals surface area contributed by atoms with E-state index < -0.39 is 6.04 Å². The molecule has 1 N–H and O–H groups in total. The molecule has 2 atom stereocenters. The molecule has 0 aliphatic carbocycles. The van der Waals surface area contributed by atoms with Crippen LogP contribution in [0.25, 0.3) is 0 Å². The molecule has 0 aliphatic heterocycles. The van der Waals surface area contributed by atoms with E-state index in [9.17, 15) is 14.0 Å². The van der Waals surface area contributed by atoms with Crippen molar-refractivity contribution in [2.45, 2.75) is 72.0 Å². The van der Waals surface area contributed by atoms with Gasteiger partial charge in [-0.2, -0.15) is 0 Å². The third kappa shape index (κ3) is 6.97. The number of carbonyl (C=O) groups is 2. The minimum Gasteiger partial charge on any atom is -0.352 e. The summed E-state index contributed by atoms with van der Waals surface area (Å²) in [5.41, 5.74) is 3.07. The Bertz CT molecular complexity index is 818. The first kappa shape index (κ1) is 23.6. The van der Waals surface area contributed by atoms with Gasteiger partial charge in [0.2, 0.25) is 11.8 Å². The lowest BCUT2D eigenvalue weighted by atomic mass is 10.0. The summed E-state index contributed by atoms with van der Waals surface area (Å²) in [4.78, 5) is 27.7. The van der Waals surface area contributed by atoms with Crippen molar-refractivity contribution in [1.29, 1.82) is 0 Å². The molecular weight excluding hydrogens is 379 g/mol. The molecule has 2 amide bonds. The minimum atomic E-state index is -0.561. The fourth-order valence-corrected chi connectivity index (χ4v) is 3.30. The maximum absolute atomic E-state index is 13.3. The lowest BCUT2D eigenvalue weighted by Gasteiger charge is -2.31. The van der Waals surface area contributed by atoms with Crippen LogP contribution in [0.4, 0.5) is 4.39 Å². The van der Waals surface area contributed by atoms with Gasteiger partial charge in [0, 0.05) is 19.0 Å². The molecule has 0 saturated heterocycles. The summed E-state index contributed by atoms with van der Waals surface area (Å²) in [6.45, 7) is 8.18. The van der Waals surface area contributed by atoms with Gasteiger partial charge in [0.1, 0.15) is 11.9 Å². The van der Waals surface area contributed by atoms with Crippen LogP contribution in [0.3, 0.4) is 0 Å². The minimum absolute atomic E-state index is 0.0434. The van der Waals surface area contributed by atoms with E-state index in [2.05, 4.69) is 5.32 Å². The van der Waals surface area contributed by atoms with Gasteiger partial charge in [-0.25, -0.2) is 4.39 Å². The van der Waals surface area contributed by atoms with Crippen LogP contribution in [0.1, 0.15) is 56.7 Å². The zero-order chi connectivity index (χ0) is 22.1. The third-order valence-corrected chi connectivity index (χ3v) is 5.40. The van der Waals surface area contributed by atoms with Crippen LogP contribution < -0.4 is 5.32 Å². The molecule has 2 rings (SSSR count). The Kier molecular flexibility index (Phi) is 9.03. The number of nitrogens with one attached hydrogen (secondary N) is 1. The van der Waals surface area contributed by atoms with Gasteiger partial charge in [-0.3, -0.25) is 9.59 Å². The van der Waals surface area contributed by atoms with Gasteiger partial charge in [-0.05, 0) is 56.4 Å². The Morgan fingerprint density at radius 3 is 2.13 bits per heavy atom. The first-order valence-corrected chi connectivity index (χ1v) is 10.7. The van der Waals surface area contributed by atoms with Gasteiger partial charge < -0.3 is 10.2 Å². The molecule has 0 aromatic heterocycles. The molecule has 4 nitrogen and oxygen atoms in total. The molecule has 0 radical (unpaired) electrons. The molecule has 0 saturated carbocycles. The zero-order valence-electron chi connectivity index (χ0n) is 18.5. The number of aryl methyl sites for hydroxylation is 2. The molecule has 0 heterocycles. The molecule has 0 fully saturated rings. The van der Waals surface area contributed by atoms with Crippen LogP contribution in [0, 0.1) is 12.7 Å². The van der Waals surface area contributed by atoms with Gasteiger partial charge in [0.25, 0.3) is 0 Å². The van der Waals surface area contributed by atoms with Crippen LogP contribution in [0.5, 0.6) is 0 Å². The fraction of sp³-hybridized carbons (Fsp3) is 0.440. The van der Waals surface area contributed by atoms with E-state index in [0.29, 0.717) is 19.3 Å². The third-order valence-electron chi connectivity index (χ3n) is 5.40. The zero-order valence-corrected chi connectivity index (χ0v) is 18.5. The summed E-state index contributed by atoms with van der Waals surface area (Å²) in [5, 5.41) is 3.00. The summed E-state index contributed by atoms with van der Waals surface area (Å²) in [5.74, 6) is -0.541. The molecule has 0 spiro atoms. The predicted molar refractivity (Wildman–Crippen MR) is 118 cm³/mol. The summed E-state index contributed by atoms with van der Waals surface area (Å²) >= 11 is 0. The van der Waals surface area contributed by atoms with E-state index in [1.807, 2.05) is 52.0 Å². The molecule has 2 aromatic rings. The van der Waals surface area contributed by atoms with E-state index in [1.165, 1.54) is 17.7 Å². The Morgan fingerprint density at radius 1 is 0.967 bits per heavy atom. The van der Waals surface area contributed by atoms with Crippen molar-refractivity contribution in [3.63, 3.8) is 0 Å². The monoisotopic (exact) mass is 412 g/mol. The molecule has 2 aromatic carbocycles. The molecular formula is C25H33FN2O2. The highest BCUT2D eigenvalue weighted by Gasteiger charge is 2.29. The number of halogens is 1. The summed E-state index contributed by atoms with van der Waals surface area (Å²) in [7, 11) is 0. The maximum Gasteiger partial charge on any atom is 0.243 e. The van der Waals surface area contributed by atoms with Crippen LogP contribution in [0.2, 0.25) is 0 Å². The number of carbonyl (C=O) groups excluding carboxylic acids is 2. The van der Waals surface area contributed by atoms with Crippen LogP contribution >= 0.6 is 0 Å². The van der Waals surface area contributed by atoms with Crippen molar-refractivity contribution < 1.29 is 14.0 Å². The number of nitrogens with zero attached hydrogens (tertiary/aromatic N) is 1. The highest BCUT2D eigenvalue weighted by Crippen LogP contribution is 2.16. The molecule has 162 valence electrons. The molecule has 5 heteroatoms. The summed E-state index contributed by atoms with van der Waals surface area (Å²) < 4.78 is 13.3. The summed E-state index contributed by atoms with van der Waals surface area (Å²) in [6, 6.07) is 13.7. The average Bonchev–Trinajstić information content (AvgIpc) is 2.74. The van der Waals surface area contributed by atoms with E-state index in [0.717, 1.165) is 17.5 Å². The second-order valence-electron chi connectivity index (χ2n) is 7.88. The van der Waals surface area contributed by atoms with Gasteiger partial charge in [0.15, 0.2) is 0 Å². The van der Waals surface area contributed by atoms with E-state index in [-0.39, 0.29) is 30.2 Å². The molecule has 30 heavy (non-hydrogen) atoms. The molecule has 0 bridgehead atoms. The first-order valence-electron chi connectivity index (χ1n) is 10.7. The van der Waals surface area contributed by atoms with Gasteiger partial charge >= 0.3 is 0 Å². The SMILES string of the molecule is CCC(C)NC(=O)C(CC)N(Cc1ccc(F)cc1)C(=O)CCc1ccc(C)cc1. The average molecular weight is 413 g/mol. The Balaban J connectivity index is 2.19. The smallest absolute Gasteiger partial charge is 0.243 e. The summed E-state index contributed by atoms with van der Waals surface area (Å²) in [6.07, 6.45) is 2.26. The van der Waals surface area contributed by atoms with Crippen LogP contribution in [-0.2, 0) is 22.6 Å². The van der Waals surface area contributed by atoms with Crippen LogP contribution in [0.15, 0.2) is 48.5 Å².